The van der Waals surface area contributed by atoms with Crippen LogP contribution in [0, 0.1) is 5.92 Å². The second kappa shape index (κ2) is 6.02. The van der Waals surface area contributed by atoms with E-state index in [-0.39, 0.29) is 5.91 Å². The number of hydrogen-bond donors (Lipinski definition) is 1. The summed E-state index contributed by atoms with van der Waals surface area (Å²) in [5, 5.41) is 3.49. The van der Waals surface area contributed by atoms with Crippen molar-refractivity contribution in [2.24, 2.45) is 5.92 Å². The van der Waals surface area contributed by atoms with Gasteiger partial charge in [-0.1, -0.05) is 25.2 Å². The predicted molar refractivity (Wildman–Crippen MR) is 78.9 cm³/mol. The van der Waals surface area contributed by atoms with E-state index in [1.165, 1.54) is 11.3 Å². The number of aromatic nitrogens is 1. The molecule has 2 aromatic rings. The summed E-state index contributed by atoms with van der Waals surface area (Å²) >= 11 is 1.47. The molecule has 0 spiro atoms. The molecule has 0 radical (unpaired) electrons. The second-order valence-corrected chi connectivity index (χ2v) is 5.76. The van der Waals surface area contributed by atoms with Crippen molar-refractivity contribution in [1.29, 1.82) is 0 Å². The van der Waals surface area contributed by atoms with Gasteiger partial charge in [-0.05, 0) is 31.0 Å². The van der Waals surface area contributed by atoms with Crippen LogP contribution in [-0.2, 0) is 4.79 Å². The third-order valence-corrected chi connectivity index (χ3v) is 3.44. The van der Waals surface area contributed by atoms with Gasteiger partial charge in [0.05, 0.1) is 16.8 Å². The lowest BCUT2D eigenvalue weighted by Crippen LogP contribution is -2.13. The Morgan fingerprint density at radius 1 is 1.47 bits per heavy atom. The van der Waals surface area contributed by atoms with Gasteiger partial charge in [-0.15, -0.1) is 0 Å². The van der Waals surface area contributed by atoms with E-state index in [2.05, 4.69) is 10.3 Å². The Labute approximate surface area is 116 Å². The Kier molecular flexibility index (Phi) is 4.37. The minimum Gasteiger partial charge on any atom is -0.494 e. The van der Waals surface area contributed by atoms with Crippen LogP contribution in [0.25, 0.3) is 10.2 Å². The summed E-state index contributed by atoms with van der Waals surface area (Å²) in [7, 11) is 0. The smallest absolute Gasteiger partial charge is 0.226 e. The van der Waals surface area contributed by atoms with Crippen LogP contribution in [0.4, 0.5) is 5.13 Å². The molecular weight excluding hydrogens is 260 g/mol. The summed E-state index contributed by atoms with van der Waals surface area (Å²) in [4.78, 5) is 16.1. The van der Waals surface area contributed by atoms with Crippen LogP contribution in [0.15, 0.2) is 18.2 Å². The van der Waals surface area contributed by atoms with Crippen LogP contribution in [-0.4, -0.2) is 17.5 Å². The lowest BCUT2D eigenvalue weighted by molar-refractivity contribution is -0.116. The zero-order valence-electron chi connectivity index (χ0n) is 11.4. The highest BCUT2D eigenvalue weighted by molar-refractivity contribution is 7.22. The quantitative estimate of drug-likeness (QED) is 0.907. The molecular formula is C14H18N2O2S. The highest BCUT2D eigenvalue weighted by atomic mass is 32.1. The molecule has 1 aromatic carbocycles. The van der Waals surface area contributed by atoms with Gasteiger partial charge in [0, 0.05) is 6.42 Å². The van der Waals surface area contributed by atoms with E-state index >= 15 is 0 Å². The highest BCUT2D eigenvalue weighted by Gasteiger charge is 2.09. The number of carbonyl (C=O) groups is 1. The van der Waals surface area contributed by atoms with Crippen molar-refractivity contribution < 1.29 is 9.53 Å². The number of fused-ring (bicyclic) bond motifs is 1. The van der Waals surface area contributed by atoms with Crippen LogP contribution >= 0.6 is 11.3 Å². The molecule has 1 aromatic heterocycles. The molecule has 2 rings (SSSR count). The van der Waals surface area contributed by atoms with E-state index in [4.69, 9.17) is 4.74 Å². The molecule has 0 aliphatic rings. The summed E-state index contributed by atoms with van der Waals surface area (Å²) < 4.78 is 6.47. The van der Waals surface area contributed by atoms with Gasteiger partial charge in [-0.2, -0.15) is 0 Å². The van der Waals surface area contributed by atoms with Crippen molar-refractivity contribution in [2.45, 2.75) is 27.2 Å². The van der Waals surface area contributed by atoms with Gasteiger partial charge in [0.25, 0.3) is 0 Å². The molecule has 1 N–H and O–H groups in total. The zero-order valence-corrected chi connectivity index (χ0v) is 12.2. The number of anilines is 1. The lowest BCUT2D eigenvalue weighted by Gasteiger charge is -2.03. The van der Waals surface area contributed by atoms with Crippen LogP contribution in [0.2, 0.25) is 0 Å². The Morgan fingerprint density at radius 3 is 2.95 bits per heavy atom. The highest BCUT2D eigenvalue weighted by Crippen LogP contribution is 2.29. The fourth-order valence-corrected chi connectivity index (χ4v) is 2.67. The number of benzene rings is 1. The summed E-state index contributed by atoms with van der Waals surface area (Å²) in [6.45, 7) is 6.63. The van der Waals surface area contributed by atoms with E-state index < -0.39 is 0 Å². The fraction of sp³-hybridized carbons (Fsp3) is 0.429. The van der Waals surface area contributed by atoms with E-state index in [0.717, 1.165) is 16.0 Å². The summed E-state index contributed by atoms with van der Waals surface area (Å²) in [6.07, 6.45) is 0.514. The molecule has 19 heavy (non-hydrogen) atoms. The second-order valence-electron chi connectivity index (χ2n) is 4.73. The number of nitrogens with one attached hydrogen (secondary N) is 1. The summed E-state index contributed by atoms with van der Waals surface area (Å²) in [5.41, 5.74) is 0.883. The Hall–Kier alpha value is -1.62. The van der Waals surface area contributed by atoms with Crippen LogP contribution in [0.5, 0.6) is 5.75 Å². The third-order valence-electron chi connectivity index (χ3n) is 2.51. The van der Waals surface area contributed by atoms with Crippen molar-refractivity contribution in [2.75, 3.05) is 11.9 Å². The van der Waals surface area contributed by atoms with Crippen LogP contribution in [0.3, 0.4) is 0 Å². The standard InChI is InChI=1S/C14H18N2O2S/c1-4-18-10-5-6-11-12(8-10)19-14(15-11)16-13(17)7-9(2)3/h5-6,8-9H,4,7H2,1-3H3,(H,15,16,17). The van der Waals surface area contributed by atoms with Crippen LogP contribution < -0.4 is 10.1 Å². The van der Waals surface area contributed by atoms with Crippen LogP contribution in [0.1, 0.15) is 27.2 Å². The Morgan fingerprint density at radius 2 is 2.26 bits per heavy atom. The number of ether oxygens (including phenoxy) is 1. The maximum Gasteiger partial charge on any atom is 0.226 e. The molecule has 0 bridgehead atoms. The molecule has 0 aliphatic carbocycles. The monoisotopic (exact) mass is 278 g/mol. The fourth-order valence-electron chi connectivity index (χ4n) is 1.76. The number of carbonyl (C=O) groups excluding carboxylic acids is 1. The van der Waals surface area contributed by atoms with Gasteiger partial charge in [0.15, 0.2) is 5.13 Å². The predicted octanol–water partition coefficient (Wildman–Crippen LogP) is 3.68. The minimum atomic E-state index is 0.0130. The molecule has 0 saturated heterocycles. The molecule has 5 heteroatoms. The summed E-state index contributed by atoms with van der Waals surface area (Å²) in [5.74, 6) is 1.19. The molecule has 0 aliphatic heterocycles. The van der Waals surface area contributed by atoms with E-state index in [0.29, 0.717) is 24.1 Å². The maximum absolute atomic E-state index is 11.7. The SMILES string of the molecule is CCOc1ccc2nc(NC(=O)CC(C)C)sc2c1. The topological polar surface area (TPSA) is 51.2 Å². The zero-order chi connectivity index (χ0) is 13.8. The first-order chi connectivity index (χ1) is 9.08. The number of rotatable bonds is 5. The van der Waals surface area contributed by atoms with Gasteiger partial charge in [-0.3, -0.25) is 4.79 Å². The number of hydrogen-bond acceptors (Lipinski definition) is 4. The number of thiazole rings is 1. The van der Waals surface area contributed by atoms with Gasteiger partial charge >= 0.3 is 0 Å². The van der Waals surface area contributed by atoms with E-state index in [9.17, 15) is 4.79 Å². The van der Waals surface area contributed by atoms with Crippen molar-refractivity contribution >= 4 is 32.6 Å². The molecule has 4 nitrogen and oxygen atoms in total. The Balaban J connectivity index is 2.14. The summed E-state index contributed by atoms with van der Waals surface area (Å²) in [6, 6.07) is 5.76. The largest absolute Gasteiger partial charge is 0.494 e. The van der Waals surface area contributed by atoms with E-state index in [1.54, 1.807) is 0 Å². The molecule has 1 heterocycles. The maximum atomic E-state index is 11.7. The van der Waals surface area contributed by atoms with Gasteiger partial charge in [0.2, 0.25) is 5.91 Å². The molecule has 0 saturated carbocycles. The number of nitrogens with zero attached hydrogens (tertiary/aromatic N) is 1. The van der Waals surface area contributed by atoms with Crippen molar-refractivity contribution in [3.8, 4) is 5.75 Å². The number of amides is 1. The molecule has 1 amide bonds. The normalized spacial score (nSPS) is 10.9. The molecule has 102 valence electrons. The molecule has 0 unspecified atom stereocenters. The minimum absolute atomic E-state index is 0.0130. The third kappa shape index (κ3) is 3.67. The first-order valence-corrected chi connectivity index (χ1v) is 7.23. The van der Waals surface area contributed by atoms with Crippen molar-refractivity contribution in [1.82, 2.24) is 4.98 Å². The Bertz CT molecular complexity index is 578. The van der Waals surface area contributed by atoms with Crippen molar-refractivity contribution in [3.63, 3.8) is 0 Å². The lowest BCUT2D eigenvalue weighted by atomic mass is 10.1. The first kappa shape index (κ1) is 13.8. The van der Waals surface area contributed by atoms with Gasteiger partial charge in [0.1, 0.15) is 5.75 Å². The van der Waals surface area contributed by atoms with Crippen molar-refractivity contribution in [3.05, 3.63) is 18.2 Å². The average molecular weight is 278 g/mol. The molecule has 0 atom stereocenters. The van der Waals surface area contributed by atoms with Gasteiger partial charge in [-0.25, -0.2) is 4.98 Å². The first-order valence-electron chi connectivity index (χ1n) is 6.41. The van der Waals surface area contributed by atoms with Gasteiger partial charge < -0.3 is 10.1 Å². The van der Waals surface area contributed by atoms with E-state index in [1.807, 2.05) is 39.0 Å². The molecule has 0 fully saturated rings. The average Bonchev–Trinajstić information content (AvgIpc) is 2.69.